The molecule has 208 valence electrons. The van der Waals surface area contributed by atoms with Crippen LogP contribution in [0, 0.1) is 0 Å². The number of methoxy groups -OCH3 is 2. The minimum atomic E-state index is -0.162. The summed E-state index contributed by atoms with van der Waals surface area (Å²) in [5.41, 5.74) is 3.03. The minimum Gasteiger partial charge on any atom is -0.497 e. The van der Waals surface area contributed by atoms with Gasteiger partial charge < -0.3 is 23.8 Å². The zero-order valence-electron chi connectivity index (χ0n) is 23.2. The average Bonchev–Trinajstić information content (AvgIpc) is 3.63. The number of rotatable bonds is 16. The molecule has 0 unspecified atom stereocenters. The molecule has 0 saturated carbocycles. The Hall–Kier alpha value is -4.01. The van der Waals surface area contributed by atoms with Crippen LogP contribution in [0.1, 0.15) is 45.4 Å². The first-order valence-corrected chi connectivity index (χ1v) is 13.7. The van der Waals surface area contributed by atoms with Gasteiger partial charge in [0.25, 0.3) is 0 Å². The van der Waals surface area contributed by atoms with Crippen LogP contribution < -0.4 is 14.5 Å². The van der Waals surface area contributed by atoms with Crippen molar-refractivity contribution in [2.75, 3.05) is 38.9 Å². The van der Waals surface area contributed by atoms with Gasteiger partial charge in [0.05, 0.1) is 31.9 Å². The first kappa shape index (κ1) is 28.0. The van der Waals surface area contributed by atoms with Crippen LogP contribution in [-0.2, 0) is 16.1 Å². The Morgan fingerprint density at radius 3 is 2.51 bits per heavy atom. The molecule has 2 aromatic heterocycles. The largest absolute Gasteiger partial charge is 0.497 e. The maximum absolute atomic E-state index is 11.3. The molecule has 2 aromatic carbocycles. The molecule has 4 aromatic rings. The number of nitrogens with zero attached hydrogens (tertiary/aromatic N) is 5. The van der Waals surface area contributed by atoms with Crippen LogP contribution in [0.4, 0.5) is 0 Å². The summed E-state index contributed by atoms with van der Waals surface area (Å²) in [6.07, 6.45) is 10.7. The van der Waals surface area contributed by atoms with E-state index in [2.05, 4.69) is 44.4 Å². The number of esters is 1. The number of fused-ring (bicyclic) bond motifs is 1. The topological polar surface area (TPSA) is 83.6 Å². The van der Waals surface area contributed by atoms with E-state index in [4.69, 9.17) is 19.2 Å². The molecule has 39 heavy (non-hydrogen) atoms. The van der Waals surface area contributed by atoms with Crippen molar-refractivity contribution in [3.05, 3.63) is 61.2 Å². The van der Waals surface area contributed by atoms with Crippen molar-refractivity contribution in [1.29, 1.82) is 0 Å². The Labute approximate surface area is 230 Å². The first-order valence-electron chi connectivity index (χ1n) is 13.7. The van der Waals surface area contributed by atoms with Gasteiger partial charge in [-0.2, -0.15) is 0 Å². The van der Waals surface area contributed by atoms with E-state index in [-0.39, 0.29) is 5.97 Å². The quantitative estimate of drug-likeness (QED) is 0.140. The van der Waals surface area contributed by atoms with Crippen molar-refractivity contribution >= 4 is 17.0 Å². The molecular weight excluding hydrogens is 494 g/mol. The molecule has 0 atom stereocenters. The maximum Gasteiger partial charge on any atom is 0.305 e. The smallest absolute Gasteiger partial charge is 0.305 e. The zero-order valence-corrected chi connectivity index (χ0v) is 23.2. The van der Waals surface area contributed by atoms with E-state index in [1.807, 2.05) is 43.0 Å². The van der Waals surface area contributed by atoms with Crippen LogP contribution >= 0.6 is 0 Å². The molecular formula is C30H39N5O4. The van der Waals surface area contributed by atoms with Crippen LogP contribution in [0.3, 0.4) is 0 Å². The number of aromatic nitrogens is 4. The van der Waals surface area contributed by atoms with E-state index >= 15 is 0 Å². The molecule has 0 N–H and O–H groups in total. The lowest BCUT2D eigenvalue weighted by Crippen LogP contribution is -2.35. The fourth-order valence-electron chi connectivity index (χ4n) is 4.65. The molecule has 9 heteroatoms. The average molecular weight is 534 g/mol. The Kier molecular flexibility index (Phi) is 10.2. The van der Waals surface area contributed by atoms with Crippen LogP contribution in [0.2, 0.25) is 0 Å². The van der Waals surface area contributed by atoms with Crippen LogP contribution in [0.15, 0.2) is 61.2 Å². The van der Waals surface area contributed by atoms with Gasteiger partial charge in [0.1, 0.15) is 23.7 Å². The van der Waals surface area contributed by atoms with Crippen LogP contribution in [0.25, 0.3) is 22.4 Å². The summed E-state index contributed by atoms with van der Waals surface area (Å²) in [7, 11) is 3.10. The van der Waals surface area contributed by atoms with Gasteiger partial charge in [0, 0.05) is 50.1 Å². The number of imidazole rings is 2. The summed E-state index contributed by atoms with van der Waals surface area (Å²) in [6, 6.07) is 14.1. The molecule has 0 aliphatic rings. The number of hydrogen-bond acceptors (Lipinski definition) is 7. The number of unbranched alkanes of at least 4 members (excludes halogenated alkanes) is 2. The van der Waals surface area contributed by atoms with E-state index in [0.29, 0.717) is 13.0 Å². The second-order valence-corrected chi connectivity index (χ2v) is 9.45. The SMILES string of the molecule is CCCN(CCCn1c(-c2ccc(OC)cc2)nc2ccc(OCCCCCC(=O)OC)cc21)n1ccnc1. The van der Waals surface area contributed by atoms with E-state index in [0.717, 1.165) is 85.7 Å². The van der Waals surface area contributed by atoms with Crippen molar-refractivity contribution in [3.8, 4) is 22.9 Å². The van der Waals surface area contributed by atoms with E-state index in [1.54, 1.807) is 7.11 Å². The lowest BCUT2D eigenvalue weighted by Gasteiger charge is -2.25. The van der Waals surface area contributed by atoms with Crippen LogP contribution in [0.5, 0.6) is 11.5 Å². The van der Waals surface area contributed by atoms with Crippen molar-refractivity contribution in [3.63, 3.8) is 0 Å². The van der Waals surface area contributed by atoms with Gasteiger partial charge >= 0.3 is 5.97 Å². The molecule has 9 nitrogen and oxygen atoms in total. The monoisotopic (exact) mass is 533 g/mol. The Morgan fingerprint density at radius 1 is 0.974 bits per heavy atom. The van der Waals surface area contributed by atoms with Gasteiger partial charge in [-0.1, -0.05) is 6.92 Å². The van der Waals surface area contributed by atoms with Gasteiger partial charge in [0.15, 0.2) is 0 Å². The van der Waals surface area contributed by atoms with E-state index in [1.165, 1.54) is 7.11 Å². The molecule has 4 rings (SSSR count). The fraction of sp³-hybridized carbons (Fsp3) is 0.433. The summed E-state index contributed by atoms with van der Waals surface area (Å²) >= 11 is 0. The normalized spacial score (nSPS) is 11.1. The highest BCUT2D eigenvalue weighted by atomic mass is 16.5. The summed E-state index contributed by atoms with van der Waals surface area (Å²) < 4.78 is 20.5. The van der Waals surface area contributed by atoms with E-state index in [9.17, 15) is 4.79 Å². The van der Waals surface area contributed by atoms with Gasteiger partial charge in [-0.15, -0.1) is 0 Å². The molecule has 0 radical (unpaired) electrons. The van der Waals surface area contributed by atoms with Crippen LogP contribution in [-0.4, -0.2) is 59.1 Å². The van der Waals surface area contributed by atoms with Gasteiger partial charge in [-0.05, 0) is 68.5 Å². The van der Waals surface area contributed by atoms with Crippen molar-refractivity contribution < 1.29 is 19.0 Å². The van der Waals surface area contributed by atoms with Gasteiger partial charge in [-0.25, -0.2) is 9.97 Å². The number of ether oxygens (including phenoxy) is 3. The number of benzene rings is 2. The molecule has 0 aliphatic heterocycles. The molecule has 0 amide bonds. The highest BCUT2D eigenvalue weighted by Gasteiger charge is 2.15. The maximum atomic E-state index is 11.3. The van der Waals surface area contributed by atoms with Gasteiger partial charge in [-0.3, -0.25) is 9.47 Å². The predicted octanol–water partition coefficient (Wildman–Crippen LogP) is 5.46. The zero-order chi connectivity index (χ0) is 27.5. The summed E-state index contributed by atoms with van der Waals surface area (Å²) in [6.45, 7) is 5.46. The molecule has 0 saturated heterocycles. The Bertz CT molecular complexity index is 1300. The van der Waals surface area contributed by atoms with Gasteiger partial charge in [0.2, 0.25) is 0 Å². The number of carbonyl (C=O) groups excluding carboxylic acids is 1. The minimum absolute atomic E-state index is 0.162. The van der Waals surface area contributed by atoms with Crippen molar-refractivity contribution in [2.45, 2.75) is 52.0 Å². The summed E-state index contributed by atoms with van der Waals surface area (Å²) in [5, 5.41) is 2.31. The lowest BCUT2D eigenvalue weighted by atomic mass is 10.2. The molecule has 0 fully saturated rings. The number of carbonyl (C=O) groups is 1. The predicted molar refractivity (Wildman–Crippen MR) is 153 cm³/mol. The lowest BCUT2D eigenvalue weighted by molar-refractivity contribution is -0.140. The Balaban J connectivity index is 1.50. The van der Waals surface area contributed by atoms with Crippen molar-refractivity contribution in [2.24, 2.45) is 0 Å². The first-order chi connectivity index (χ1) is 19.1. The Morgan fingerprint density at radius 2 is 1.79 bits per heavy atom. The molecule has 2 heterocycles. The third-order valence-corrected chi connectivity index (χ3v) is 6.69. The summed E-state index contributed by atoms with van der Waals surface area (Å²) in [5.74, 6) is 2.41. The number of hydrogen-bond donors (Lipinski definition) is 0. The molecule has 0 aliphatic carbocycles. The second kappa shape index (κ2) is 14.2. The third kappa shape index (κ3) is 7.52. The fourth-order valence-corrected chi connectivity index (χ4v) is 4.65. The number of aryl methyl sites for hydroxylation is 1. The standard InChI is InChI=1S/C30H39N5O4/c1-4-17-33(34-20-16-31-23-34)18-8-19-35-28-22-26(39-21-7-5-6-9-29(36)38-3)14-15-27(28)32-30(35)24-10-12-25(37-2)13-11-24/h10-16,20,22-23H,4-9,17-19,21H2,1-3H3. The highest BCUT2D eigenvalue weighted by molar-refractivity contribution is 5.82. The highest BCUT2D eigenvalue weighted by Crippen LogP contribution is 2.29. The molecule has 0 bridgehead atoms. The second-order valence-electron chi connectivity index (χ2n) is 9.45. The van der Waals surface area contributed by atoms with Crippen molar-refractivity contribution in [1.82, 2.24) is 19.2 Å². The molecule has 0 spiro atoms. The summed E-state index contributed by atoms with van der Waals surface area (Å²) in [4.78, 5) is 20.5. The van der Waals surface area contributed by atoms with E-state index < -0.39 is 0 Å². The third-order valence-electron chi connectivity index (χ3n) is 6.69.